The SMILES string of the molecule is CCCCN1C(=O)C2C(c3ccccc3OC)NC(C(=O)O)(C(C)O)C2C1=O. The number of carboxylic acids is 1. The van der Waals surface area contributed by atoms with Gasteiger partial charge in [-0.25, -0.2) is 0 Å². The summed E-state index contributed by atoms with van der Waals surface area (Å²) in [6, 6.07) is 6.21. The number of nitrogens with zero attached hydrogens (tertiary/aromatic N) is 1. The molecule has 8 heteroatoms. The van der Waals surface area contributed by atoms with Gasteiger partial charge in [-0.15, -0.1) is 0 Å². The molecular weight excluding hydrogens is 364 g/mol. The zero-order valence-corrected chi connectivity index (χ0v) is 16.2. The molecular formula is C20H26N2O6. The zero-order valence-electron chi connectivity index (χ0n) is 16.2. The van der Waals surface area contributed by atoms with Gasteiger partial charge in [-0.2, -0.15) is 0 Å². The summed E-state index contributed by atoms with van der Waals surface area (Å²) in [5.74, 6) is -3.94. The minimum atomic E-state index is -1.95. The highest BCUT2D eigenvalue weighted by Crippen LogP contribution is 2.51. The van der Waals surface area contributed by atoms with Gasteiger partial charge in [-0.1, -0.05) is 31.5 Å². The molecule has 5 atom stereocenters. The minimum Gasteiger partial charge on any atom is -0.496 e. The molecule has 3 N–H and O–H groups in total. The summed E-state index contributed by atoms with van der Waals surface area (Å²) in [5, 5.41) is 23.4. The first-order valence-electron chi connectivity index (χ1n) is 9.48. The van der Waals surface area contributed by atoms with Crippen molar-refractivity contribution in [2.45, 2.75) is 44.4 Å². The van der Waals surface area contributed by atoms with Gasteiger partial charge in [-0.3, -0.25) is 24.6 Å². The Kier molecular flexibility index (Phi) is 5.45. The smallest absolute Gasteiger partial charge is 0.327 e. The summed E-state index contributed by atoms with van der Waals surface area (Å²) >= 11 is 0. The largest absolute Gasteiger partial charge is 0.496 e. The number of aliphatic hydroxyl groups is 1. The first-order chi connectivity index (χ1) is 13.3. The highest BCUT2D eigenvalue weighted by atomic mass is 16.5. The Balaban J connectivity index is 2.15. The number of imide groups is 1. The summed E-state index contributed by atoms with van der Waals surface area (Å²) in [5.41, 5.74) is -1.37. The van der Waals surface area contributed by atoms with Crippen LogP contribution < -0.4 is 10.1 Å². The first-order valence-corrected chi connectivity index (χ1v) is 9.48. The second kappa shape index (κ2) is 7.52. The summed E-state index contributed by atoms with van der Waals surface area (Å²) in [4.78, 5) is 39.7. The van der Waals surface area contributed by atoms with Gasteiger partial charge >= 0.3 is 5.97 Å². The van der Waals surface area contributed by atoms with Crippen LogP contribution in [0.1, 0.15) is 38.3 Å². The Morgan fingerprint density at radius 3 is 2.57 bits per heavy atom. The number of para-hydroxylation sites is 1. The Bertz CT molecular complexity index is 795. The van der Waals surface area contributed by atoms with Crippen LogP contribution >= 0.6 is 0 Å². The number of fused-ring (bicyclic) bond motifs is 1. The number of carbonyl (C=O) groups excluding carboxylic acids is 2. The van der Waals surface area contributed by atoms with Crippen molar-refractivity contribution in [3.63, 3.8) is 0 Å². The second-order valence-corrected chi connectivity index (χ2v) is 7.40. The first kappa shape index (κ1) is 20.3. The lowest BCUT2D eigenvalue weighted by Gasteiger charge is -2.33. The Hall–Kier alpha value is -2.45. The van der Waals surface area contributed by atoms with Crippen LogP contribution in [0.2, 0.25) is 0 Å². The van der Waals surface area contributed by atoms with Crippen LogP contribution in [-0.2, 0) is 14.4 Å². The molecule has 1 aromatic carbocycles. The molecule has 2 amide bonds. The van der Waals surface area contributed by atoms with Crippen LogP contribution in [0.5, 0.6) is 5.75 Å². The lowest BCUT2D eigenvalue weighted by Crippen LogP contribution is -2.62. The Morgan fingerprint density at radius 1 is 1.32 bits per heavy atom. The summed E-state index contributed by atoms with van der Waals surface area (Å²) in [6.45, 7) is 3.52. The highest BCUT2D eigenvalue weighted by molar-refractivity contribution is 6.09. The normalized spacial score (nSPS) is 30.4. The van der Waals surface area contributed by atoms with Crippen molar-refractivity contribution >= 4 is 17.8 Å². The molecule has 3 rings (SSSR count). The number of benzene rings is 1. The van der Waals surface area contributed by atoms with E-state index in [9.17, 15) is 24.6 Å². The number of methoxy groups -OCH3 is 1. The monoisotopic (exact) mass is 390 g/mol. The van der Waals surface area contributed by atoms with Crippen LogP contribution in [0.15, 0.2) is 24.3 Å². The van der Waals surface area contributed by atoms with Crippen molar-refractivity contribution in [1.82, 2.24) is 10.2 Å². The number of hydrogen-bond donors (Lipinski definition) is 3. The van der Waals surface area contributed by atoms with Gasteiger partial charge in [0.25, 0.3) is 0 Å². The van der Waals surface area contributed by atoms with Gasteiger partial charge in [0.15, 0.2) is 5.54 Å². The Labute approximate surface area is 163 Å². The third-order valence-electron chi connectivity index (χ3n) is 5.91. The van der Waals surface area contributed by atoms with Crippen LogP contribution in [0.4, 0.5) is 0 Å². The van der Waals surface area contributed by atoms with Crippen LogP contribution in [-0.4, -0.2) is 58.2 Å². The van der Waals surface area contributed by atoms with E-state index >= 15 is 0 Å². The molecule has 0 bridgehead atoms. The van der Waals surface area contributed by atoms with Gasteiger partial charge in [0.1, 0.15) is 5.75 Å². The van der Waals surface area contributed by atoms with E-state index in [0.717, 1.165) is 11.3 Å². The number of unbranched alkanes of at least 4 members (excludes halogenated alkanes) is 1. The molecule has 2 aliphatic rings. The second-order valence-electron chi connectivity index (χ2n) is 7.40. The lowest BCUT2D eigenvalue weighted by atomic mass is 9.76. The number of hydrogen-bond acceptors (Lipinski definition) is 6. The molecule has 8 nitrogen and oxygen atoms in total. The number of aliphatic hydroxyl groups excluding tert-OH is 1. The van der Waals surface area contributed by atoms with E-state index in [1.165, 1.54) is 14.0 Å². The molecule has 2 saturated heterocycles. The highest BCUT2D eigenvalue weighted by Gasteiger charge is 2.70. The van der Waals surface area contributed by atoms with Crippen molar-refractivity contribution in [1.29, 1.82) is 0 Å². The van der Waals surface area contributed by atoms with Crippen molar-refractivity contribution in [3.05, 3.63) is 29.8 Å². The van der Waals surface area contributed by atoms with Gasteiger partial charge in [0, 0.05) is 18.2 Å². The average molecular weight is 390 g/mol. The number of ether oxygens (including phenoxy) is 1. The minimum absolute atomic E-state index is 0.245. The molecule has 5 unspecified atom stereocenters. The summed E-state index contributed by atoms with van der Waals surface area (Å²) < 4.78 is 5.39. The third kappa shape index (κ3) is 2.79. The lowest BCUT2D eigenvalue weighted by molar-refractivity contribution is -0.156. The maximum absolute atomic E-state index is 13.2. The molecule has 1 aromatic rings. The van der Waals surface area contributed by atoms with Gasteiger partial charge in [0.2, 0.25) is 11.8 Å². The quantitative estimate of drug-likeness (QED) is 0.594. The molecule has 0 spiro atoms. The van der Waals surface area contributed by atoms with Crippen molar-refractivity contribution < 1.29 is 29.3 Å². The zero-order chi connectivity index (χ0) is 20.6. The van der Waals surface area contributed by atoms with Gasteiger partial charge in [0.05, 0.1) is 25.0 Å². The number of rotatable bonds is 7. The van der Waals surface area contributed by atoms with Crippen LogP contribution in [0.3, 0.4) is 0 Å². The number of nitrogens with one attached hydrogen (secondary N) is 1. The predicted octanol–water partition coefficient (Wildman–Crippen LogP) is 0.945. The van der Waals surface area contributed by atoms with E-state index in [0.29, 0.717) is 17.7 Å². The van der Waals surface area contributed by atoms with E-state index < -0.39 is 47.3 Å². The molecule has 2 heterocycles. The van der Waals surface area contributed by atoms with Crippen molar-refractivity contribution in [2.24, 2.45) is 11.8 Å². The summed E-state index contributed by atoms with van der Waals surface area (Å²) in [7, 11) is 1.49. The van der Waals surface area contributed by atoms with E-state index in [2.05, 4.69) is 5.32 Å². The maximum Gasteiger partial charge on any atom is 0.327 e. The number of carbonyl (C=O) groups is 3. The third-order valence-corrected chi connectivity index (χ3v) is 5.91. The molecule has 0 radical (unpaired) electrons. The van der Waals surface area contributed by atoms with E-state index in [1.807, 2.05) is 6.92 Å². The Morgan fingerprint density at radius 2 is 2.00 bits per heavy atom. The maximum atomic E-state index is 13.2. The molecule has 152 valence electrons. The molecule has 0 aliphatic carbocycles. The van der Waals surface area contributed by atoms with Crippen molar-refractivity contribution in [3.8, 4) is 5.75 Å². The molecule has 28 heavy (non-hydrogen) atoms. The van der Waals surface area contributed by atoms with Gasteiger partial charge < -0.3 is 14.9 Å². The number of amides is 2. The topological polar surface area (TPSA) is 116 Å². The standard InChI is InChI=1S/C20H26N2O6/c1-4-5-10-22-17(24)14-15(18(22)25)20(11(2)23,19(26)27)21-16(14)12-8-6-7-9-13(12)28-3/h6-9,11,14-16,21,23H,4-5,10H2,1-3H3,(H,26,27). The van der Waals surface area contributed by atoms with Crippen molar-refractivity contribution in [2.75, 3.05) is 13.7 Å². The average Bonchev–Trinajstić information content (AvgIpc) is 3.15. The van der Waals surface area contributed by atoms with E-state index in [-0.39, 0.29) is 6.54 Å². The molecule has 0 aromatic heterocycles. The molecule has 2 fully saturated rings. The van der Waals surface area contributed by atoms with Gasteiger partial charge in [-0.05, 0) is 19.4 Å². The molecule has 0 saturated carbocycles. The summed E-state index contributed by atoms with van der Waals surface area (Å²) in [6.07, 6.45) is 0.0412. The fourth-order valence-electron chi connectivity index (χ4n) is 4.49. The fraction of sp³-hybridized carbons (Fsp3) is 0.550. The van der Waals surface area contributed by atoms with Crippen LogP contribution in [0.25, 0.3) is 0 Å². The van der Waals surface area contributed by atoms with E-state index in [1.54, 1.807) is 24.3 Å². The molecule has 2 aliphatic heterocycles. The van der Waals surface area contributed by atoms with E-state index in [4.69, 9.17) is 4.74 Å². The number of aliphatic carboxylic acids is 1. The van der Waals surface area contributed by atoms with Crippen LogP contribution in [0, 0.1) is 11.8 Å². The number of carboxylic acid groups (broad SMARTS) is 1. The number of likely N-dealkylation sites (tertiary alicyclic amines) is 1. The fourth-order valence-corrected chi connectivity index (χ4v) is 4.49. The predicted molar refractivity (Wildman–Crippen MR) is 99.5 cm³/mol.